The Morgan fingerprint density at radius 3 is 2.20 bits per heavy atom. The van der Waals surface area contributed by atoms with Crippen molar-refractivity contribution >= 4 is 7.60 Å². The molecule has 0 saturated carbocycles. The minimum atomic E-state index is -3.32. The molecular weight excluding hydrogens is 271 g/mol. The van der Waals surface area contributed by atoms with Crippen LogP contribution in [0.1, 0.15) is 85.0 Å². The summed E-state index contributed by atoms with van der Waals surface area (Å²) in [6.07, 6.45) is 11.5. The van der Waals surface area contributed by atoms with Crippen LogP contribution in [0.5, 0.6) is 0 Å². The summed E-state index contributed by atoms with van der Waals surface area (Å²) in [7, 11) is -3.32. The van der Waals surface area contributed by atoms with Gasteiger partial charge in [-0.2, -0.15) is 0 Å². The molecule has 0 aromatic heterocycles. The van der Waals surface area contributed by atoms with Gasteiger partial charge in [0.1, 0.15) is 0 Å². The van der Waals surface area contributed by atoms with E-state index in [9.17, 15) is 9.46 Å². The first kappa shape index (κ1) is 20.1. The van der Waals surface area contributed by atoms with E-state index in [2.05, 4.69) is 20.8 Å². The molecule has 4 heteroatoms. The molecule has 1 atom stereocenters. The van der Waals surface area contributed by atoms with Gasteiger partial charge in [0.15, 0.2) is 0 Å². The highest BCUT2D eigenvalue weighted by atomic mass is 31.2. The van der Waals surface area contributed by atoms with Gasteiger partial charge in [0.2, 0.25) is 0 Å². The summed E-state index contributed by atoms with van der Waals surface area (Å²) < 4.78 is 17.0. The molecule has 0 aliphatic rings. The Morgan fingerprint density at radius 1 is 0.950 bits per heavy atom. The standard InChI is InChI=1S/C16H35O3P/c1-4-5-6-7-8-12-15-20(17,18)19-14-11-9-10-13-16(2)3/h16H,4-15H2,1-3H3,(H,17,18). The first-order valence-corrected chi connectivity index (χ1v) is 10.2. The summed E-state index contributed by atoms with van der Waals surface area (Å²) in [5, 5.41) is 0. The van der Waals surface area contributed by atoms with Gasteiger partial charge in [-0.15, -0.1) is 0 Å². The molecule has 0 rings (SSSR count). The Labute approximate surface area is 126 Å². The lowest BCUT2D eigenvalue weighted by Crippen LogP contribution is -1.98. The van der Waals surface area contributed by atoms with E-state index in [0.29, 0.717) is 12.8 Å². The van der Waals surface area contributed by atoms with Gasteiger partial charge in [-0.25, -0.2) is 0 Å². The molecule has 1 unspecified atom stereocenters. The minimum absolute atomic E-state index is 0.325. The summed E-state index contributed by atoms with van der Waals surface area (Å²) in [4.78, 5) is 9.70. The van der Waals surface area contributed by atoms with Crippen LogP contribution >= 0.6 is 7.60 Å². The minimum Gasteiger partial charge on any atom is -0.324 e. The molecule has 0 bridgehead atoms. The summed E-state index contributed by atoms with van der Waals surface area (Å²) in [5.41, 5.74) is 0. The third-order valence-electron chi connectivity index (χ3n) is 3.51. The summed E-state index contributed by atoms with van der Waals surface area (Å²) in [6.45, 7) is 7.07. The van der Waals surface area contributed by atoms with E-state index in [-0.39, 0.29) is 0 Å². The highest BCUT2D eigenvalue weighted by Crippen LogP contribution is 2.43. The van der Waals surface area contributed by atoms with E-state index in [1.807, 2.05) is 0 Å². The van der Waals surface area contributed by atoms with Crippen LogP contribution in [0.15, 0.2) is 0 Å². The predicted molar refractivity (Wildman–Crippen MR) is 87.3 cm³/mol. The molecule has 0 fully saturated rings. The third kappa shape index (κ3) is 14.6. The third-order valence-corrected chi connectivity index (χ3v) is 4.98. The fourth-order valence-corrected chi connectivity index (χ4v) is 3.36. The zero-order chi connectivity index (χ0) is 15.3. The molecular formula is C16H35O3P. The molecule has 0 amide bonds. The maximum atomic E-state index is 11.8. The molecule has 0 heterocycles. The van der Waals surface area contributed by atoms with Crippen LogP contribution in [0.3, 0.4) is 0 Å². The number of unbranched alkanes of at least 4 members (excludes halogenated alkanes) is 7. The molecule has 3 nitrogen and oxygen atoms in total. The van der Waals surface area contributed by atoms with Gasteiger partial charge in [0.25, 0.3) is 0 Å². The van der Waals surface area contributed by atoms with Gasteiger partial charge < -0.3 is 9.42 Å². The Balaban J connectivity index is 3.42. The average Bonchev–Trinajstić information content (AvgIpc) is 2.37. The Bertz CT molecular complexity index is 254. The molecule has 0 aliphatic heterocycles. The van der Waals surface area contributed by atoms with Gasteiger partial charge in [0.05, 0.1) is 6.61 Å². The van der Waals surface area contributed by atoms with Gasteiger partial charge in [-0.1, -0.05) is 72.1 Å². The van der Waals surface area contributed by atoms with Crippen molar-refractivity contribution in [1.29, 1.82) is 0 Å². The fraction of sp³-hybridized carbons (Fsp3) is 1.00. The zero-order valence-corrected chi connectivity index (χ0v) is 14.7. The van der Waals surface area contributed by atoms with Crippen LogP contribution in [-0.4, -0.2) is 17.7 Å². The van der Waals surface area contributed by atoms with Crippen LogP contribution in [0.4, 0.5) is 0 Å². The lowest BCUT2D eigenvalue weighted by Gasteiger charge is -2.12. The highest BCUT2D eigenvalue weighted by Gasteiger charge is 2.17. The van der Waals surface area contributed by atoms with E-state index in [1.54, 1.807) is 0 Å². The zero-order valence-electron chi connectivity index (χ0n) is 13.8. The van der Waals surface area contributed by atoms with Crippen LogP contribution < -0.4 is 0 Å². The molecule has 0 aliphatic carbocycles. The molecule has 0 saturated heterocycles. The lowest BCUT2D eigenvalue weighted by molar-refractivity contribution is 0.251. The van der Waals surface area contributed by atoms with Crippen LogP contribution in [0.2, 0.25) is 0 Å². The smallest absolute Gasteiger partial charge is 0.324 e. The van der Waals surface area contributed by atoms with Crippen molar-refractivity contribution < 1.29 is 14.0 Å². The second kappa shape index (κ2) is 12.9. The Kier molecular flexibility index (Phi) is 13.0. The largest absolute Gasteiger partial charge is 0.328 e. The lowest BCUT2D eigenvalue weighted by atomic mass is 10.1. The molecule has 1 N–H and O–H groups in total. The van der Waals surface area contributed by atoms with E-state index < -0.39 is 7.60 Å². The van der Waals surface area contributed by atoms with Crippen molar-refractivity contribution in [2.24, 2.45) is 5.92 Å². The van der Waals surface area contributed by atoms with Crippen molar-refractivity contribution in [2.45, 2.75) is 85.0 Å². The van der Waals surface area contributed by atoms with Gasteiger partial charge in [0, 0.05) is 6.16 Å². The van der Waals surface area contributed by atoms with Crippen molar-refractivity contribution in [3.63, 3.8) is 0 Å². The summed E-state index contributed by atoms with van der Waals surface area (Å²) in [5.74, 6) is 0.743. The second-order valence-electron chi connectivity index (χ2n) is 6.21. The van der Waals surface area contributed by atoms with E-state index >= 15 is 0 Å². The Hall–Kier alpha value is 0.150. The number of hydrogen-bond acceptors (Lipinski definition) is 2. The molecule has 0 aromatic carbocycles. The maximum absolute atomic E-state index is 11.8. The molecule has 20 heavy (non-hydrogen) atoms. The average molecular weight is 306 g/mol. The van der Waals surface area contributed by atoms with Crippen LogP contribution in [0, 0.1) is 5.92 Å². The van der Waals surface area contributed by atoms with E-state index in [4.69, 9.17) is 4.52 Å². The van der Waals surface area contributed by atoms with Gasteiger partial charge in [-0.05, 0) is 18.8 Å². The van der Waals surface area contributed by atoms with Gasteiger partial charge in [-0.3, -0.25) is 4.57 Å². The van der Waals surface area contributed by atoms with E-state index in [0.717, 1.165) is 31.6 Å². The molecule has 0 aromatic rings. The predicted octanol–water partition coefficient (Wildman–Crippen LogP) is 5.77. The molecule has 0 radical (unpaired) electrons. The topological polar surface area (TPSA) is 46.5 Å². The highest BCUT2D eigenvalue weighted by molar-refractivity contribution is 7.52. The van der Waals surface area contributed by atoms with Crippen LogP contribution in [-0.2, 0) is 9.09 Å². The van der Waals surface area contributed by atoms with Crippen molar-refractivity contribution in [2.75, 3.05) is 12.8 Å². The van der Waals surface area contributed by atoms with Crippen molar-refractivity contribution in [1.82, 2.24) is 0 Å². The SMILES string of the molecule is CCCCCCCCP(=O)(O)OCCCCCC(C)C. The molecule has 122 valence electrons. The van der Waals surface area contributed by atoms with Gasteiger partial charge >= 0.3 is 7.60 Å². The normalized spacial score (nSPS) is 14.7. The fourth-order valence-electron chi connectivity index (χ4n) is 2.20. The van der Waals surface area contributed by atoms with E-state index in [1.165, 1.54) is 38.5 Å². The molecule has 0 spiro atoms. The summed E-state index contributed by atoms with van der Waals surface area (Å²) in [6, 6.07) is 0. The first-order chi connectivity index (χ1) is 9.48. The summed E-state index contributed by atoms with van der Waals surface area (Å²) >= 11 is 0. The second-order valence-corrected chi connectivity index (χ2v) is 8.19. The first-order valence-electron chi connectivity index (χ1n) is 8.44. The number of rotatable bonds is 14. The van der Waals surface area contributed by atoms with Crippen molar-refractivity contribution in [3.05, 3.63) is 0 Å². The monoisotopic (exact) mass is 306 g/mol. The van der Waals surface area contributed by atoms with Crippen LogP contribution in [0.25, 0.3) is 0 Å². The quantitative estimate of drug-likeness (QED) is 0.327. The van der Waals surface area contributed by atoms with Crippen molar-refractivity contribution in [3.8, 4) is 0 Å². The maximum Gasteiger partial charge on any atom is 0.328 e. The Morgan fingerprint density at radius 2 is 1.55 bits per heavy atom. The number of hydrogen-bond donors (Lipinski definition) is 1.